The molecular weight excluding hydrogens is 546 g/mol. The molecule has 0 spiro atoms. The molecule has 34 heavy (non-hydrogen) atoms. The average Bonchev–Trinajstić information content (AvgIpc) is 3.12. The van der Waals surface area contributed by atoms with E-state index in [1.807, 2.05) is 6.07 Å². The Hall–Kier alpha value is -1.28. The first-order valence-electron chi connectivity index (χ1n) is 12.6. The van der Waals surface area contributed by atoms with Gasteiger partial charge in [-0.05, 0) is 0 Å². The van der Waals surface area contributed by atoms with Crippen molar-refractivity contribution in [2.24, 2.45) is 0 Å². The van der Waals surface area contributed by atoms with E-state index in [9.17, 15) is 9.59 Å². The van der Waals surface area contributed by atoms with Crippen molar-refractivity contribution in [2.45, 2.75) is 75.8 Å². The number of allylic oxidation sites excluding steroid dienone is 2. The number of carbonyl (C=O) groups excluding carboxylic acids is 2. The first kappa shape index (κ1) is 27.3. The summed E-state index contributed by atoms with van der Waals surface area (Å²) in [5.74, 6) is -0.721. The molecule has 2 aliphatic rings. The van der Waals surface area contributed by atoms with Crippen LogP contribution in [0.4, 0.5) is 0 Å². The van der Waals surface area contributed by atoms with E-state index in [-0.39, 0.29) is 15.0 Å². The van der Waals surface area contributed by atoms with Crippen LogP contribution in [0.1, 0.15) is 32.8 Å². The Kier molecular flexibility index (Phi) is 7.47. The number of ether oxygens (including phenoxy) is 2. The number of rotatable bonds is 8. The van der Waals surface area contributed by atoms with Gasteiger partial charge < -0.3 is 0 Å². The van der Waals surface area contributed by atoms with E-state index in [1.54, 1.807) is 0 Å². The first-order valence-corrected chi connectivity index (χ1v) is 25.6. The molecule has 0 radical (unpaired) electrons. The van der Waals surface area contributed by atoms with Gasteiger partial charge in [0.1, 0.15) is 0 Å². The summed E-state index contributed by atoms with van der Waals surface area (Å²) >= 11 is -3.10. The molecule has 2 bridgehead atoms. The fourth-order valence-corrected chi connectivity index (χ4v) is 39.3. The second-order valence-electron chi connectivity index (χ2n) is 11.2. The molecule has 2 heterocycles. The Balaban J connectivity index is 2.75. The fourth-order valence-electron chi connectivity index (χ4n) is 8.24. The number of benzene rings is 1. The molecule has 0 unspecified atom stereocenters. The van der Waals surface area contributed by atoms with Gasteiger partial charge in [-0.15, -0.1) is 0 Å². The minimum atomic E-state index is -3.10. The molecule has 0 N–H and O–H groups in total. The summed E-state index contributed by atoms with van der Waals surface area (Å²) < 4.78 is 10.6. The van der Waals surface area contributed by atoms with E-state index in [0.29, 0.717) is 17.9 Å². The zero-order valence-corrected chi connectivity index (χ0v) is 26.6. The van der Waals surface area contributed by atoms with E-state index >= 15 is 0 Å². The Morgan fingerprint density at radius 2 is 1.41 bits per heavy atom. The van der Waals surface area contributed by atoms with Crippen molar-refractivity contribution < 1.29 is 19.1 Å². The zero-order chi connectivity index (χ0) is 25.7. The van der Waals surface area contributed by atoms with E-state index < -0.39 is 31.5 Å². The van der Waals surface area contributed by atoms with Crippen LogP contribution >= 0.6 is 0 Å². The van der Waals surface area contributed by atoms with Crippen LogP contribution in [0.25, 0.3) is 0 Å². The summed E-state index contributed by atoms with van der Waals surface area (Å²) in [5.41, 5.74) is 5.21. The van der Waals surface area contributed by atoms with Gasteiger partial charge >= 0.3 is 212 Å². The number of methoxy groups -OCH3 is 2. The van der Waals surface area contributed by atoms with Crippen molar-refractivity contribution in [1.82, 2.24) is 0 Å². The molecule has 1 aromatic carbocycles. The van der Waals surface area contributed by atoms with Crippen LogP contribution in [0.2, 0.25) is 43.6 Å². The van der Waals surface area contributed by atoms with Crippen molar-refractivity contribution in [1.29, 1.82) is 0 Å². The molecule has 2 atom stereocenters. The van der Waals surface area contributed by atoms with Crippen LogP contribution in [-0.2, 0) is 24.1 Å². The summed E-state index contributed by atoms with van der Waals surface area (Å²) in [4.78, 5) is 34.9. The summed E-state index contributed by atoms with van der Waals surface area (Å²) in [6.07, 6.45) is 2.90. The second-order valence-corrected chi connectivity index (χ2v) is 32.4. The zero-order valence-electron chi connectivity index (χ0n) is 22.7. The normalized spacial score (nSPS) is 25.6. The molecular formula is C27H41BO4SiSn. The van der Waals surface area contributed by atoms with Crippen molar-refractivity contribution in [2.75, 3.05) is 14.2 Å². The molecule has 0 aliphatic carbocycles. The molecule has 184 valence electrons. The van der Waals surface area contributed by atoms with Gasteiger partial charge in [0.15, 0.2) is 0 Å². The van der Waals surface area contributed by atoms with Crippen LogP contribution in [0.15, 0.2) is 52.5 Å². The van der Waals surface area contributed by atoms with Crippen LogP contribution < -0.4 is 0 Å². The van der Waals surface area contributed by atoms with Gasteiger partial charge in [0, 0.05) is 0 Å². The SMILES string of the molecule is CCB(CC)C1=C(CC)[C@]2([Sn]([CH3])([CH3])[CH3])C(C(=O)OC)=C(C(=O)OC)[C@@]1(c1ccccc1)[Si]2(C)C. The van der Waals surface area contributed by atoms with Gasteiger partial charge in [0.05, 0.1) is 0 Å². The van der Waals surface area contributed by atoms with Gasteiger partial charge in [-0.1, -0.05) is 0 Å². The standard InChI is InChI=1S/C24H32BO4Si.3CH3.Sn/c1-8-17-20-18(22(26)28-4)19(23(27)29-5)24(30(20,6)7,16-14-12-11-13-15-16)21(17)25(9-2)10-3;;;;/h11-15H,8-10H2,1-7H3;3*1H3;/t24-;;;;/m1..../s1. The monoisotopic (exact) mass is 588 g/mol. The maximum atomic E-state index is 13.8. The number of hydrogen-bond donors (Lipinski definition) is 0. The molecule has 4 nitrogen and oxygen atoms in total. The van der Waals surface area contributed by atoms with Gasteiger partial charge in [0.25, 0.3) is 0 Å². The first-order chi connectivity index (χ1) is 15.9. The molecule has 0 aromatic heterocycles. The van der Waals surface area contributed by atoms with Crippen LogP contribution in [0.3, 0.4) is 0 Å². The van der Waals surface area contributed by atoms with Crippen LogP contribution in [0.5, 0.6) is 0 Å². The van der Waals surface area contributed by atoms with E-state index in [4.69, 9.17) is 9.47 Å². The van der Waals surface area contributed by atoms with E-state index in [0.717, 1.165) is 24.6 Å². The molecule has 1 aromatic rings. The van der Waals surface area contributed by atoms with Crippen molar-refractivity contribution >= 4 is 45.1 Å². The Bertz CT molecular complexity index is 1050. The molecule has 3 rings (SSSR count). The van der Waals surface area contributed by atoms with Crippen molar-refractivity contribution in [3.63, 3.8) is 0 Å². The number of hydrogen-bond acceptors (Lipinski definition) is 4. The third kappa shape index (κ3) is 3.09. The second kappa shape index (κ2) is 9.31. The van der Waals surface area contributed by atoms with Gasteiger partial charge in [-0.2, -0.15) is 0 Å². The topological polar surface area (TPSA) is 52.6 Å². The summed E-state index contributed by atoms with van der Waals surface area (Å²) in [7, 11) is 0.394. The average molecular weight is 587 g/mol. The molecule has 7 heteroatoms. The minimum absolute atomic E-state index is 0.344. The van der Waals surface area contributed by atoms with Gasteiger partial charge in [0.2, 0.25) is 0 Å². The quantitative estimate of drug-likeness (QED) is 0.267. The number of esters is 2. The van der Waals surface area contributed by atoms with E-state index in [1.165, 1.54) is 25.3 Å². The van der Waals surface area contributed by atoms with E-state index in [2.05, 4.69) is 72.9 Å². The molecule has 0 saturated carbocycles. The predicted molar refractivity (Wildman–Crippen MR) is 147 cm³/mol. The summed E-state index contributed by atoms with van der Waals surface area (Å²) in [5, 5.41) is -0.600. The van der Waals surface area contributed by atoms with Gasteiger partial charge in [-0.25, -0.2) is 0 Å². The third-order valence-corrected chi connectivity index (χ3v) is 32.4. The molecule has 0 saturated heterocycles. The number of fused-ring (bicyclic) bond motifs is 2. The molecule has 0 amide bonds. The molecule has 2 aliphatic heterocycles. The summed E-state index contributed by atoms with van der Waals surface area (Å²) in [6.45, 7) is 12.0. The molecule has 0 fully saturated rings. The fraction of sp³-hybridized carbons (Fsp3) is 0.556. The predicted octanol–water partition coefficient (Wildman–Crippen LogP) is 6.24. The Labute approximate surface area is 211 Å². The maximum absolute atomic E-state index is 13.8. The van der Waals surface area contributed by atoms with Crippen LogP contribution in [-0.4, -0.2) is 59.3 Å². The van der Waals surface area contributed by atoms with Crippen molar-refractivity contribution in [3.05, 3.63) is 58.1 Å². The number of carbonyl (C=O) groups is 2. The van der Waals surface area contributed by atoms with Gasteiger partial charge in [-0.3, -0.25) is 0 Å². The van der Waals surface area contributed by atoms with Crippen LogP contribution in [0, 0.1) is 0 Å². The summed E-state index contributed by atoms with van der Waals surface area (Å²) in [6, 6.07) is 10.5. The van der Waals surface area contributed by atoms with Crippen molar-refractivity contribution in [3.8, 4) is 0 Å². The third-order valence-electron chi connectivity index (χ3n) is 8.92. The Morgan fingerprint density at radius 1 is 0.912 bits per heavy atom. The Morgan fingerprint density at radius 3 is 1.82 bits per heavy atom.